The Balaban J connectivity index is 1.86. The number of benzene rings is 1. The summed E-state index contributed by atoms with van der Waals surface area (Å²) in [5, 5.41) is 1.98. The fraction of sp³-hybridized carbons (Fsp3) is 0.571. The fourth-order valence-electron chi connectivity index (χ4n) is 2.31. The van der Waals surface area contributed by atoms with Crippen LogP contribution in [0.2, 0.25) is 10.0 Å². The minimum atomic E-state index is 0.0479. The van der Waals surface area contributed by atoms with Crippen molar-refractivity contribution >= 4 is 35.0 Å². The maximum absolute atomic E-state index is 6.21. The van der Waals surface area contributed by atoms with Crippen LogP contribution in [0, 0.1) is 0 Å². The van der Waals surface area contributed by atoms with E-state index in [9.17, 15) is 0 Å². The Bertz CT molecular complexity index is 391. The van der Waals surface area contributed by atoms with Crippen molar-refractivity contribution in [3.8, 4) is 0 Å². The van der Waals surface area contributed by atoms with Crippen molar-refractivity contribution in [3.63, 3.8) is 0 Å². The highest BCUT2D eigenvalue weighted by Crippen LogP contribution is 2.31. The molecule has 0 aliphatic heterocycles. The molecular weight excluding hydrogens is 285 g/mol. The van der Waals surface area contributed by atoms with Crippen LogP contribution in [0.25, 0.3) is 0 Å². The van der Waals surface area contributed by atoms with Crippen molar-refractivity contribution in [1.29, 1.82) is 0 Å². The summed E-state index contributed by atoms with van der Waals surface area (Å²) in [5.41, 5.74) is 7.29. The molecule has 1 fully saturated rings. The van der Waals surface area contributed by atoms with Gasteiger partial charge in [0.2, 0.25) is 0 Å². The molecule has 18 heavy (non-hydrogen) atoms. The zero-order valence-electron chi connectivity index (χ0n) is 10.4. The van der Waals surface area contributed by atoms with Crippen LogP contribution >= 0.6 is 35.0 Å². The molecule has 1 aromatic rings. The van der Waals surface area contributed by atoms with Crippen LogP contribution in [0.4, 0.5) is 0 Å². The minimum Gasteiger partial charge on any atom is -0.323 e. The molecule has 0 heterocycles. The molecule has 0 aromatic heterocycles. The monoisotopic (exact) mass is 303 g/mol. The van der Waals surface area contributed by atoms with E-state index in [1.54, 1.807) is 0 Å². The first-order valence-corrected chi connectivity index (χ1v) is 8.29. The summed E-state index contributed by atoms with van der Waals surface area (Å²) in [6.45, 7) is 0. The highest BCUT2D eigenvalue weighted by atomic mass is 35.5. The predicted molar refractivity (Wildman–Crippen MR) is 82.7 cm³/mol. The number of nitrogens with two attached hydrogens (primary N) is 1. The molecule has 1 aliphatic rings. The topological polar surface area (TPSA) is 26.0 Å². The summed E-state index contributed by atoms with van der Waals surface area (Å²) in [4.78, 5) is 0. The Kier molecular flexibility index (Phi) is 5.68. The van der Waals surface area contributed by atoms with Crippen LogP contribution in [0.3, 0.4) is 0 Å². The summed E-state index contributed by atoms with van der Waals surface area (Å²) >= 11 is 13.9. The third-order valence-corrected chi connectivity index (χ3v) is 5.67. The van der Waals surface area contributed by atoms with E-state index in [1.165, 1.54) is 32.1 Å². The first kappa shape index (κ1) is 14.5. The molecule has 0 saturated heterocycles. The molecule has 0 amide bonds. The fourth-order valence-corrected chi connectivity index (χ4v) is 3.96. The lowest BCUT2D eigenvalue weighted by Crippen LogP contribution is -2.17. The molecule has 1 unspecified atom stereocenters. The minimum absolute atomic E-state index is 0.0479. The summed E-state index contributed by atoms with van der Waals surface area (Å²) < 4.78 is 0. The van der Waals surface area contributed by atoms with Crippen molar-refractivity contribution in [3.05, 3.63) is 33.8 Å². The lowest BCUT2D eigenvalue weighted by Gasteiger charge is -2.22. The molecule has 4 heteroatoms. The largest absolute Gasteiger partial charge is 0.323 e. The lowest BCUT2D eigenvalue weighted by atomic mass is 10.0. The van der Waals surface area contributed by atoms with Gasteiger partial charge in [-0.2, -0.15) is 11.8 Å². The van der Waals surface area contributed by atoms with Gasteiger partial charge in [-0.25, -0.2) is 0 Å². The van der Waals surface area contributed by atoms with E-state index in [2.05, 4.69) is 0 Å². The molecule has 2 rings (SSSR count). The molecule has 1 aliphatic carbocycles. The number of thioether (sulfide) groups is 1. The van der Waals surface area contributed by atoms with Gasteiger partial charge in [-0.15, -0.1) is 0 Å². The molecule has 1 aromatic carbocycles. The zero-order valence-corrected chi connectivity index (χ0v) is 12.7. The third-order valence-electron chi connectivity index (χ3n) is 3.44. The van der Waals surface area contributed by atoms with Gasteiger partial charge >= 0.3 is 0 Å². The van der Waals surface area contributed by atoms with Gasteiger partial charge in [0, 0.05) is 17.0 Å². The van der Waals surface area contributed by atoms with Crippen molar-refractivity contribution in [2.75, 3.05) is 5.75 Å². The van der Waals surface area contributed by atoms with Gasteiger partial charge in [0.05, 0.1) is 10.0 Å². The number of hydrogen-bond donors (Lipinski definition) is 1. The van der Waals surface area contributed by atoms with Crippen LogP contribution in [-0.4, -0.2) is 11.0 Å². The molecular formula is C14H19Cl2NS. The molecule has 2 N–H and O–H groups in total. The van der Waals surface area contributed by atoms with Crippen molar-refractivity contribution in [2.24, 2.45) is 5.73 Å². The summed E-state index contributed by atoms with van der Waals surface area (Å²) in [6.07, 6.45) is 6.84. The van der Waals surface area contributed by atoms with Crippen molar-refractivity contribution in [1.82, 2.24) is 0 Å². The first-order valence-electron chi connectivity index (χ1n) is 6.49. The van der Waals surface area contributed by atoms with Gasteiger partial charge in [0.25, 0.3) is 0 Å². The van der Waals surface area contributed by atoms with Crippen LogP contribution in [-0.2, 0) is 0 Å². The Morgan fingerprint density at radius 3 is 2.56 bits per heavy atom. The van der Waals surface area contributed by atoms with Crippen LogP contribution in [0.1, 0.15) is 43.7 Å². The smallest absolute Gasteiger partial charge is 0.0595 e. The lowest BCUT2D eigenvalue weighted by molar-refractivity contribution is 0.515. The van der Waals surface area contributed by atoms with E-state index in [-0.39, 0.29) is 6.04 Å². The Labute approximate surface area is 123 Å². The third kappa shape index (κ3) is 4.06. The molecule has 1 saturated carbocycles. The average molecular weight is 304 g/mol. The van der Waals surface area contributed by atoms with Gasteiger partial charge in [-0.05, 0) is 30.5 Å². The molecule has 0 bridgehead atoms. The number of rotatable bonds is 4. The highest BCUT2D eigenvalue weighted by Gasteiger charge is 2.16. The maximum Gasteiger partial charge on any atom is 0.0595 e. The molecule has 0 radical (unpaired) electrons. The highest BCUT2D eigenvalue weighted by molar-refractivity contribution is 7.99. The second kappa shape index (κ2) is 7.04. The average Bonchev–Trinajstić information content (AvgIpc) is 2.40. The number of hydrogen-bond acceptors (Lipinski definition) is 2. The summed E-state index contributed by atoms with van der Waals surface area (Å²) in [5.74, 6) is 0.961. The van der Waals surface area contributed by atoms with Gasteiger partial charge in [-0.1, -0.05) is 48.5 Å². The van der Waals surface area contributed by atoms with Gasteiger partial charge in [-0.3, -0.25) is 0 Å². The molecule has 1 atom stereocenters. The summed E-state index contributed by atoms with van der Waals surface area (Å²) in [6, 6.07) is 5.73. The molecule has 100 valence electrons. The van der Waals surface area contributed by atoms with E-state index >= 15 is 0 Å². The van der Waals surface area contributed by atoms with Crippen molar-refractivity contribution < 1.29 is 0 Å². The van der Waals surface area contributed by atoms with E-state index in [4.69, 9.17) is 28.9 Å². The first-order chi connectivity index (χ1) is 8.66. The van der Waals surface area contributed by atoms with Crippen LogP contribution in [0.15, 0.2) is 18.2 Å². The standard InChI is InChI=1S/C14H19Cl2NS/c15-12-7-6-10(8-13(12)16)14(17)9-18-11-4-2-1-3-5-11/h6-8,11,14H,1-5,9,17H2. The van der Waals surface area contributed by atoms with E-state index in [0.717, 1.165) is 16.6 Å². The molecule has 1 nitrogen and oxygen atoms in total. The van der Waals surface area contributed by atoms with Crippen molar-refractivity contribution in [2.45, 2.75) is 43.4 Å². The Morgan fingerprint density at radius 1 is 1.17 bits per heavy atom. The second-order valence-corrected chi connectivity index (χ2v) is 7.02. The van der Waals surface area contributed by atoms with Crippen LogP contribution in [0.5, 0.6) is 0 Å². The number of halogens is 2. The van der Waals surface area contributed by atoms with Gasteiger partial charge in [0.1, 0.15) is 0 Å². The molecule has 0 spiro atoms. The maximum atomic E-state index is 6.21. The quantitative estimate of drug-likeness (QED) is 0.841. The van der Waals surface area contributed by atoms with E-state index in [1.807, 2.05) is 30.0 Å². The van der Waals surface area contributed by atoms with Gasteiger partial charge < -0.3 is 5.73 Å². The SMILES string of the molecule is NC(CSC1CCCCC1)c1ccc(Cl)c(Cl)c1. The summed E-state index contributed by atoms with van der Waals surface area (Å²) in [7, 11) is 0. The van der Waals surface area contributed by atoms with E-state index in [0.29, 0.717) is 10.0 Å². The van der Waals surface area contributed by atoms with E-state index < -0.39 is 0 Å². The Hall–Kier alpha value is 0.110. The second-order valence-electron chi connectivity index (χ2n) is 4.87. The van der Waals surface area contributed by atoms with Crippen LogP contribution < -0.4 is 5.73 Å². The predicted octanol–water partition coefficient (Wildman–Crippen LogP) is 5.06. The normalized spacial score (nSPS) is 18.8. The van der Waals surface area contributed by atoms with Gasteiger partial charge in [0.15, 0.2) is 0 Å². The Morgan fingerprint density at radius 2 is 1.89 bits per heavy atom. The zero-order chi connectivity index (χ0) is 13.0.